The van der Waals surface area contributed by atoms with Crippen molar-refractivity contribution in [1.29, 1.82) is 0 Å². The Labute approximate surface area is 215 Å². The molecule has 0 bridgehead atoms. The van der Waals surface area contributed by atoms with E-state index in [0.29, 0.717) is 32.7 Å². The van der Waals surface area contributed by atoms with Crippen molar-refractivity contribution in [1.82, 2.24) is 14.5 Å². The molecule has 1 unspecified atom stereocenters. The first kappa shape index (κ1) is 28.4. The Hall–Kier alpha value is -2.17. The lowest BCUT2D eigenvalue weighted by atomic mass is 9.83. The van der Waals surface area contributed by atoms with Crippen LogP contribution >= 0.6 is 0 Å². The fourth-order valence-electron chi connectivity index (χ4n) is 5.35. The molecular formula is C26H41N3O6S. The van der Waals surface area contributed by atoms with Crippen molar-refractivity contribution in [2.75, 3.05) is 45.6 Å². The van der Waals surface area contributed by atoms with E-state index in [1.807, 2.05) is 28.0 Å². The number of rotatable bonds is 14. The Morgan fingerprint density at radius 3 is 2.50 bits per heavy atom. The number of nitrogens with zero attached hydrogens (tertiary/aromatic N) is 2. The van der Waals surface area contributed by atoms with E-state index in [9.17, 15) is 23.1 Å². The van der Waals surface area contributed by atoms with Crippen molar-refractivity contribution in [3.05, 3.63) is 29.3 Å². The molecule has 202 valence electrons. The standard InChI is InChI=1S/C26H41N3O6S/c1-4-6-13-28(14-7-5-2)24(30)18-29-17-21(19-8-9-23-20(16-19)11-15-35-23)25(26(31)32)22(29)10-12-27-36(3,33)34/h8-9,16,21-22,25,27H,4-7,10-15,17-18H2,1-3H3,(H,31,32)/t21-,22+,25?/m1/s1. The Bertz CT molecular complexity index is 1010. The van der Waals surface area contributed by atoms with Crippen LogP contribution in [-0.2, 0) is 26.0 Å². The van der Waals surface area contributed by atoms with Crippen LogP contribution in [-0.4, -0.2) is 86.8 Å². The summed E-state index contributed by atoms with van der Waals surface area (Å²) in [5, 5.41) is 10.3. The molecule has 36 heavy (non-hydrogen) atoms. The number of carboxylic acids is 1. The quantitative estimate of drug-likeness (QED) is 0.385. The van der Waals surface area contributed by atoms with Crippen LogP contribution in [0.15, 0.2) is 18.2 Å². The summed E-state index contributed by atoms with van der Waals surface area (Å²) in [5.41, 5.74) is 2.00. The molecule has 3 rings (SSSR count). The molecule has 0 saturated carbocycles. The molecule has 2 aliphatic heterocycles. The monoisotopic (exact) mass is 523 g/mol. The summed E-state index contributed by atoms with van der Waals surface area (Å²) in [4.78, 5) is 29.8. The number of unbranched alkanes of at least 4 members (excludes halogenated alkanes) is 2. The number of carbonyl (C=O) groups excluding carboxylic acids is 1. The smallest absolute Gasteiger partial charge is 0.308 e. The van der Waals surface area contributed by atoms with Gasteiger partial charge in [-0.05, 0) is 36.5 Å². The summed E-state index contributed by atoms with van der Waals surface area (Å²) in [5.74, 6) is -1.13. The maximum atomic E-state index is 13.4. The first-order valence-corrected chi connectivity index (χ1v) is 15.0. The molecule has 0 radical (unpaired) electrons. The van der Waals surface area contributed by atoms with Crippen molar-refractivity contribution >= 4 is 21.9 Å². The van der Waals surface area contributed by atoms with Crippen LogP contribution in [0.4, 0.5) is 0 Å². The number of hydrogen-bond acceptors (Lipinski definition) is 6. The topological polar surface area (TPSA) is 116 Å². The van der Waals surface area contributed by atoms with E-state index in [2.05, 4.69) is 18.6 Å². The van der Waals surface area contributed by atoms with Gasteiger partial charge in [0.05, 0.1) is 25.3 Å². The van der Waals surface area contributed by atoms with Gasteiger partial charge in [-0.3, -0.25) is 14.5 Å². The van der Waals surface area contributed by atoms with E-state index < -0.39 is 28.0 Å². The number of sulfonamides is 1. The van der Waals surface area contributed by atoms with Gasteiger partial charge < -0.3 is 14.7 Å². The number of fused-ring (bicyclic) bond motifs is 1. The zero-order valence-electron chi connectivity index (χ0n) is 21.7. The third kappa shape index (κ3) is 7.43. The number of ether oxygens (including phenoxy) is 1. The van der Waals surface area contributed by atoms with Crippen LogP contribution in [0.2, 0.25) is 0 Å². The normalized spacial score (nSPS) is 21.8. The van der Waals surface area contributed by atoms with Gasteiger partial charge >= 0.3 is 5.97 Å². The fraction of sp³-hybridized carbons (Fsp3) is 0.692. The average molecular weight is 524 g/mol. The van der Waals surface area contributed by atoms with Gasteiger partial charge in [0.25, 0.3) is 0 Å². The predicted octanol–water partition coefficient (Wildman–Crippen LogP) is 2.46. The zero-order valence-corrected chi connectivity index (χ0v) is 22.6. The minimum absolute atomic E-state index is 0.00474. The third-order valence-electron chi connectivity index (χ3n) is 7.23. The first-order chi connectivity index (χ1) is 17.1. The molecule has 1 aromatic carbocycles. The van der Waals surface area contributed by atoms with Crippen LogP contribution in [0.5, 0.6) is 5.75 Å². The number of hydrogen-bond donors (Lipinski definition) is 2. The lowest BCUT2D eigenvalue weighted by molar-refractivity contribution is -0.143. The van der Waals surface area contributed by atoms with Gasteiger partial charge in [-0.15, -0.1) is 0 Å². The second-order valence-corrected chi connectivity index (χ2v) is 11.8. The molecule has 3 atom stereocenters. The summed E-state index contributed by atoms with van der Waals surface area (Å²) in [6.45, 7) is 6.89. The molecule has 1 amide bonds. The summed E-state index contributed by atoms with van der Waals surface area (Å²) >= 11 is 0. The van der Waals surface area contributed by atoms with Crippen molar-refractivity contribution in [2.24, 2.45) is 5.92 Å². The van der Waals surface area contributed by atoms with E-state index in [-0.39, 0.29) is 24.9 Å². The lowest BCUT2D eigenvalue weighted by Gasteiger charge is -2.29. The molecule has 1 fully saturated rings. The SMILES string of the molecule is CCCCN(CCCC)C(=O)CN1C[C@H](c2ccc3c(c2)CCO3)C(C(=O)O)[C@@H]1CCNS(C)(=O)=O. The van der Waals surface area contributed by atoms with E-state index in [4.69, 9.17) is 4.74 Å². The van der Waals surface area contributed by atoms with E-state index in [1.165, 1.54) is 0 Å². The molecular weight excluding hydrogens is 482 g/mol. The number of amides is 1. The molecule has 0 spiro atoms. The molecule has 0 aliphatic carbocycles. The van der Waals surface area contributed by atoms with Gasteiger partial charge in [0.15, 0.2) is 0 Å². The van der Waals surface area contributed by atoms with Crippen LogP contribution < -0.4 is 9.46 Å². The molecule has 2 heterocycles. The maximum absolute atomic E-state index is 13.4. The molecule has 1 saturated heterocycles. The minimum atomic E-state index is -3.41. The van der Waals surface area contributed by atoms with Gasteiger partial charge in [0.1, 0.15) is 5.75 Å². The second kappa shape index (κ2) is 12.9. The number of carboxylic acid groups (broad SMARTS) is 1. The van der Waals surface area contributed by atoms with Crippen LogP contribution in [0.25, 0.3) is 0 Å². The van der Waals surface area contributed by atoms with E-state index in [0.717, 1.165) is 55.2 Å². The molecule has 1 aromatic rings. The lowest BCUT2D eigenvalue weighted by Crippen LogP contribution is -2.45. The number of carbonyl (C=O) groups is 2. The highest BCUT2D eigenvalue weighted by molar-refractivity contribution is 7.88. The summed E-state index contributed by atoms with van der Waals surface area (Å²) in [6.07, 6.45) is 6.03. The van der Waals surface area contributed by atoms with E-state index in [1.54, 1.807) is 0 Å². The Morgan fingerprint density at radius 2 is 1.89 bits per heavy atom. The first-order valence-electron chi connectivity index (χ1n) is 13.1. The van der Waals surface area contributed by atoms with Crippen molar-refractivity contribution in [2.45, 2.75) is 64.3 Å². The molecule has 9 nitrogen and oxygen atoms in total. The van der Waals surface area contributed by atoms with Crippen molar-refractivity contribution in [3.63, 3.8) is 0 Å². The Morgan fingerprint density at radius 1 is 1.19 bits per heavy atom. The molecule has 2 aliphatic rings. The highest BCUT2D eigenvalue weighted by Crippen LogP contribution is 2.41. The average Bonchev–Trinajstić information content (AvgIpc) is 3.42. The van der Waals surface area contributed by atoms with Crippen LogP contribution in [0.1, 0.15) is 63.0 Å². The highest BCUT2D eigenvalue weighted by atomic mass is 32.2. The molecule has 10 heteroatoms. The summed E-state index contributed by atoms with van der Waals surface area (Å²) in [7, 11) is -3.41. The summed E-state index contributed by atoms with van der Waals surface area (Å²) in [6, 6.07) is 5.40. The van der Waals surface area contributed by atoms with Gasteiger partial charge in [0.2, 0.25) is 15.9 Å². The number of benzene rings is 1. The van der Waals surface area contributed by atoms with Gasteiger partial charge in [-0.2, -0.15) is 0 Å². The third-order valence-corrected chi connectivity index (χ3v) is 7.96. The Kier molecular flexibility index (Phi) is 10.2. The molecule has 2 N–H and O–H groups in total. The van der Waals surface area contributed by atoms with Gasteiger partial charge in [-0.25, -0.2) is 13.1 Å². The maximum Gasteiger partial charge on any atom is 0.308 e. The largest absolute Gasteiger partial charge is 0.493 e. The van der Waals surface area contributed by atoms with Gasteiger partial charge in [-0.1, -0.05) is 38.8 Å². The fourth-order valence-corrected chi connectivity index (χ4v) is 5.84. The molecule has 0 aromatic heterocycles. The minimum Gasteiger partial charge on any atom is -0.493 e. The number of aliphatic carboxylic acids is 1. The van der Waals surface area contributed by atoms with Gasteiger partial charge in [0, 0.05) is 44.6 Å². The second-order valence-electron chi connectivity index (χ2n) is 9.98. The predicted molar refractivity (Wildman–Crippen MR) is 139 cm³/mol. The number of nitrogens with one attached hydrogen (secondary N) is 1. The number of likely N-dealkylation sites (tertiary alicyclic amines) is 1. The Balaban J connectivity index is 1.85. The van der Waals surface area contributed by atoms with E-state index >= 15 is 0 Å². The summed E-state index contributed by atoms with van der Waals surface area (Å²) < 4.78 is 31.4. The zero-order chi connectivity index (χ0) is 26.3. The van der Waals surface area contributed by atoms with Crippen LogP contribution in [0, 0.1) is 5.92 Å². The van der Waals surface area contributed by atoms with Crippen molar-refractivity contribution < 1.29 is 27.9 Å². The van der Waals surface area contributed by atoms with Crippen molar-refractivity contribution in [3.8, 4) is 5.75 Å². The highest BCUT2D eigenvalue weighted by Gasteiger charge is 2.47. The van der Waals surface area contributed by atoms with Crippen LogP contribution in [0.3, 0.4) is 0 Å².